The molecule has 5 nitrogen and oxygen atoms in total. The lowest BCUT2D eigenvalue weighted by Crippen LogP contribution is -2.45. The van der Waals surface area contributed by atoms with E-state index in [1.54, 1.807) is 4.90 Å². The predicted octanol–water partition coefficient (Wildman–Crippen LogP) is 1.28. The first-order valence-electron chi connectivity index (χ1n) is 6.06. The molecule has 0 heterocycles. The predicted molar refractivity (Wildman–Crippen MR) is 62.8 cm³/mol. The highest BCUT2D eigenvalue weighted by Crippen LogP contribution is 2.31. The van der Waals surface area contributed by atoms with Crippen molar-refractivity contribution in [3.63, 3.8) is 0 Å². The number of nitrogens with zero attached hydrogens (tertiary/aromatic N) is 1. The Balaban J connectivity index is 2.66. The molecule has 2 unspecified atom stereocenters. The number of hydrogen-bond acceptors (Lipinski definition) is 3. The van der Waals surface area contributed by atoms with Gasteiger partial charge in [0.2, 0.25) is 0 Å². The molecule has 0 aromatic heterocycles. The number of rotatable bonds is 5. The van der Waals surface area contributed by atoms with Crippen molar-refractivity contribution < 1.29 is 19.8 Å². The molecule has 0 bridgehead atoms. The Morgan fingerprint density at radius 1 is 1.00 bits per heavy atom. The Kier molecular flexibility index (Phi) is 4.93. The van der Waals surface area contributed by atoms with E-state index in [2.05, 4.69) is 13.8 Å². The zero-order valence-electron chi connectivity index (χ0n) is 10.4. The van der Waals surface area contributed by atoms with E-state index in [1.807, 2.05) is 0 Å². The largest absolute Gasteiger partial charge is 0.480 e. The van der Waals surface area contributed by atoms with E-state index in [-0.39, 0.29) is 19.1 Å². The van der Waals surface area contributed by atoms with Gasteiger partial charge in [0, 0.05) is 6.04 Å². The van der Waals surface area contributed by atoms with Gasteiger partial charge in [-0.3, -0.25) is 14.5 Å². The maximum Gasteiger partial charge on any atom is 0.317 e. The van der Waals surface area contributed by atoms with Gasteiger partial charge in [0.05, 0.1) is 13.1 Å². The smallest absolute Gasteiger partial charge is 0.317 e. The molecule has 1 aliphatic rings. The SMILES string of the molecule is CC1CC(C)CC(N(CC(=O)O)CC(=O)O)C1. The van der Waals surface area contributed by atoms with Crippen molar-refractivity contribution in [3.05, 3.63) is 0 Å². The minimum atomic E-state index is -0.961. The molecule has 98 valence electrons. The first-order valence-corrected chi connectivity index (χ1v) is 6.06. The van der Waals surface area contributed by atoms with Gasteiger partial charge in [0.25, 0.3) is 0 Å². The van der Waals surface area contributed by atoms with Crippen LogP contribution in [-0.2, 0) is 9.59 Å². The molecule has 0 radical (unpaired) electrons. The van der Waals surface area contributed by atoms with Crippen molar-refractivity contribution in [1.29, 1.82) is 0 Å². The number of carbonyl (C=O) groups is 2. The summed E-state index contributed by atoms with van der Waals surface area (Å²) in [7, 11) is 0. The van der Waals surface area contributed by atoms with Crippen LogP contribution in [0.4, 0.5) is 0 Å². The van der Waals surface area contributed by atoms with E-state index in [0.717, 1.165) is 19.3 Å². The van der Waals surface area contributed by atoms with E-state index in [9.17, 15) is 9.59 Å². The Hall–Kier alpha value is -1.10. The molecule has 0 spiro atoms. The molecule has 2 atom stereocenters. The van der Waals surface area contributed by atoms with Crippen LogP contribution in [0.1, 0.15) is 33.1 Å². The lowest BCUT2D eigenvalue weighted by Gasteiger charge is -2.37. The second-order valence-corrected chi connectivity index (χ2v) is 5.26. The van der Waals surface area contributed by atoms with Crippen LogP contribution >= 0.6 is 0 Å². The van der Waals surface area contributed by atoms with Crippen LogP contribution in [0.15, 0.2) is 0 Å². The summed E-state index contributed by atoms with van der Waals surface area (Å²) in [6, 6.07) is 0.0842. The summed E-state index contributed by atoms with van der Waals surface area (Å²) in [6.45, 7) is 3.91. The quantitative estimate of drug-likeness (QED) is 0.760. The van der Waals surface area contributed by atoms with E-state index in [4.69, 9.17) is 10.2 Å². The molecule has 0 amide bonds. The summed E-state index contributed by atoms with van der Waals surface area (Å²) < 4.78 is 0. The van der Waals surface area contributed by atoms with Crippen LogP contribution in [0.2, 0.25) is 0 Å². The molecule has 1 aliphatic carbocycles. The fraction of sp³-hybridized carbons (Fsp3) is 0.833. The molecule has 0 aromatic rings. The molecule has 1 saturated carbocycles. The summed E-state index contributed by atoms with van der Waals surface area (Å²) in [4.78, 5) is 23.1. The van der Waals surface area contributed by atoms with Gasteiger partial charge in [-0.15, -0.1) is 0 Å². The lowest BCUT2D eigenvalue weighted by molar-refractivity contribution is -0.143. The fourth-order valence-corrected chi connectivity index (χ4v) is 2.86. The summed E-state index contributed by atoms with van der Waals surface area (Å²) in [5, 5.41) is 17.6. The Morgan fingerprint density at radius 3 is 1.76 bits per heavy atom. The summed E-state index contributed by atoms with van der Waals surface area (Å²) in [5.41, 5.74) is 0. The Labute approximate surface area is 101 Å². The van der Waals surface area contributed by atoms with Crippen molar-refractivity contribution in [2.24, 2.45) is 11.8 Å². The van der Waals surface area contributed by atoms with Crippen molar-refractivity contribution in [2.45, 2.75) is 39.2 Å². The van der Waals surface area contributed by atoms with Gasteiger partial charge in [0.1, 0.15) is 0 Å². The zero-order chi connectivity index (χ0) is 13.0. The highest BCUT2D eigenvalue weighted by molar-refractivity contribution is 5.72. The van der Waals surface area contributed by atoms with Crippen molar-refractivity contribution in [3.8, 4) is 0 Å². The Bertz CT molecular complexity index is 266. The monoisotopic (exact) mass is 243 g/mol. The lowest BCUT2D eigenvalue weighted by atomic mass is 9.80. The van der Waals surface area contributed by atoms with Crippen molar-refractivity contribution in [2.75, 3.05) is 13.1 Å². The third kappa shape index (κ3) is 4.73. The fourth-order valence-electron chi connectivity index (χ4n) is 2.86. The van der Waals surface area contributed by atoms with E-state index >= 15 is 0 Å². The van der Waals surface area contributed by atoms with E-state index < -0.39 is 11.9 Å². The molecule has 1 rings (SSSR count). The molecule has 5 heteroatoms. The van der Waals surface area contributed by atoms with Crippen molar-refractivity contribution >= 4 is 11.9 Å². The molecule has 2 N–H and O–H groups in total. The summed E-state index contributed by atoms with van der Waals surface area (Å²) >= 11 is 0. The van der Waals surface area contributed by atoms with E-state index in [0.29, 0.717) is 11.8 Å². The second kappa shape index (κ2) is 6.00. The summed E-state index contributed by atoms with van der Waals surface area (Å²) in [6.07, 6.45) is 2.93. The molecular formula is C12H21NO4. The summed E-state index contributed by atoms with van der Waals surface area (Å²) in [5.74, 6) is -0.850. The molecule has 0 saturated heterocycles. The molecular weight excluding hydrogens is 222 g/mol. The molecule has 1 fully saturated rings. The third-order valence-corrected chi connectivity index (χ3v) is 3.35. The molecule has 0 aromatic carbocycles. The Morgan fingerprint density at radius 2 is 1.41 bits per heavy atom. The highest BCUT2D eigenvalue weighted by atomic mass is 16.4. The van der Waals surface area contributed by atoms with Crippen molar-refractivity contribution in [1.82, 2.24) is 4.90 Å². The minimum Gasteiger partial charge on any atom is -0.480 e. The second-order valence-electron chi connectivity index (χ2n) is 5.26. The normalized spacial score (nSPS) is 29.2. The topological polar surface area (TPSA) is 77.8 Å². The highest BCUT2D eigenvalue weighted by Gasteiger charge is 2.30. The number of carboxylic acids is 2. The first kappa shape index (κ1) is 14.0. The van der Waals surface area contributed by atoms with Gasteiger partial charge in [0.15, 0.2) is 0 Å². The number of hydrogen-bond donors (Lipinski definition) is 2. The maximum absolute atomic E-state index is 10.8. The molecule has 17 heavy (non-hydrogen) atoms. The van der Waals surface area contributed by atoms with Crippen LogP contribution < -0.4 is 0 Å². The minimum absolute atomic E-state index is 0.0842. The van der Waals surface area contributed by atoms with Gasteiger partial charge in [-0.1, -0.05) is 13.8 Å². The van der Waals surface area contributed by atoms with Crippen LogP contribution in [0.3, 0.4) is 0 Å². The standard InChI is InChI=1S/C12H21NO4/c1-8-3-9(2)5-10(4-8)13(6-11(14)15)7-12(16)17/h8-10H,3-7H2,1-2H3,(H,14,15)(H,16,17). The third-order valence-electron chi connectivity index (χ3n) is 3.35. The van der Waals surface area contributed by atoms with Crippen LogP contribution in [0.5, 0.6) is 0 Å². The molecule has 0 aliphatic heterocycles. The number of aliphatic carboxylic acids is 2. The van der Waals surface area contributed by atoms with Gasteiger partial charge in [-0.2, -0.15) is 0 Å². The van der Waals surface area contributed by atoms with Crippen LogP contribution in [0.25, 0.3) is 0 Å². The average Bonchev–Trinajstić information content (AvgIpc) is 2.13. The van der Waals surface area contributed by atoms with Gasteiger partial charge in [-0.25, -0.2) is 0 Å². The first-order chi connectivity index (χ1) is 7.88. The zero-order valence-corrected chi connectivity index (χ0v) is 10.4. The maximum atomic E-state index is 10.8. The van der Waals surface area contributed by atoms with Crippen LogP contribution in [-0.4, -0.2) is 46.2 Å². The average molecular weight is 243 g/mol. The van der Waals surface area contributed by atoms with Gasteiger partial charge < -0.3 is 10.2 Å². The van der Waals surface area contributed by atoms with Gasteiger partial charge in [-0.05, 0) is 31.1 Å². The van der Waals surface area contributed by atoms with Gasteiger partial charge >= 0.3 is 11.9 Å². The van der Waals surface area contributed by atoms with E-state index in [1.165, 1.54) is 0 Å². The van der Waals surface area contributed by atoms with Crippen LogP contribution in [0, 0.1) is 11.8 Å². The number of carboxylic acid groups (broad SMARTS) is 2.